The fourth-order valence-corrected chi connectivity index (χ4v) is 2.61. The van der Waals surface area contributed by atoms with Gasteiger partial charge in [0.2, 0.25) is 5.91 Å². The molecule has 3 aromatic rings. The van der Waals surface area contributed by atoms with Crippen LogP contribution < -0.4 is 16.0 Å². The Labute approximate surface area is 168 Å². The van der Waals surface area contributed by atoms with Crippen molar-refractivity contribution in [2.75, 3.05) is 10.6 Å². The molecule has 0 aliphatic carbocycles. The lowest BCUT2D eigenvalue weighted by molar-refractivity contribution is -0.115. The molecule has 0 unspecified atom stereocenters. The van der Waals surface area contributed by atoms with Crippen molar-refractivity contribution in [1.29, 1.82) is 0 Å². The van der Waals surface area contributed by atoms with E-state index in [2.05, 4.69) is 16.0 Å². The van der Waals surface area contributed by atoms with Crippen molar-refractivity contribution in [1.82, 2.24) is 5.32 Å². The Balaban J connectivity index is 1.50. The quantitative estimate of drug-likeness (QED) is 0.419. The molecule has 0 saturated carbocycles. The number of anilines is 3. The SMILES string of the molecule is O=C(C=Cc1ccc(F)cc1)NC(=S)Nc1ccc(Nc2ccccc2)cc1. The first-order valence-corrected chi connectivity index (χ1v) is 8.97. The van der Waals surface area contributed by atoms with Gasteiger partial charge < -0.3 is 10.6 Å². The minimum atomic E-state index is -0.371. The second-order valence-corrected chi connectivity index (χ2v) is 6.30. The summed E-state index contributed by atoms with van der Waals surface area (Å²) in [5, 5.41) is 9.01. The first-order valence-electron chi connectivity index (χ1n) is 8.56. The van der Waals surface area contributed by atoms with Crippen LogP contribution in [-0.2, 0) is 4.79 Å². The van der Waals surface area contributed by atoms with Crippen molar-refractivity contribution >= 4 is 46.4 Å². The summed E-state index contributed by atoms with van der Waals surface area (Å²) in [4.78, 5) is 11.9. The van der Waals surface area contributed by atoms with Crippen molar-refractivity contribution in [2.45, 2.75) is 0 Å². The highest BCUT2D eigenvalue weighted by atomic mass is 32.1. The van der Waals surface area contributed by atoms with Gasteiger partial charge in [0.15, 0.2) is 5.11 Å². The molecule has 3 rings (SSSR count). The van der Waals surface area contributed by atoms with Gasteiger partial charge in [-0.05, 0) is 72.4 Å². The predicted molar refractivity (Wildman–Crippen MR) is 116 cm³/mol. The van der Waals surface area contributed by atoms with Crippen molar-refractivity contribution in [2.24, 2.45) is 0 Å². The van der Waals surface area contributed by atoms with Gasteiger partial charge in [-0.3, -0.25) is 10.1 Å². The molecule has 0 aliphatic rings. The molecule has 0 radical (unpaired) electrons. The molecule has 140 valence electrons. The van der Waals surface area contributed by atoms with Gasteiger partial charge in [-0.15, -0.1) is 0 Å². The maximum absolute atomic E-state index is 12.9. The number of carbonyl (C=O) groups is 1. The Morgan fingerprint density at radius 3 is 2.11 bits per heavy atom. The number of para-hydroxylation sites is 1. The fourth-order valence-electron chi connectivity index (χ4n) is 2.39. The van der Waals surface area contributed by atoms with E-state index in [0.717, 1.165) is 22.6 Å². The highest BCUT2D eigenvalue weighted by molar-refractivity contribution is 7.80. The predicted octanol–water partition coefficient (Wildman–Crippen LogP) is 5.10. The summed E-state index contributed by atoms with van der Waals surface area (Å²) < 4.78 is 12.9. The first kappa shape index (κ1) is 19.3. The van der Waals surface area contributed by atoms with Gasteiger partial charge >= 0.3 is 0 Å². The van der Waals surface area contributed by atoms with Gasteiger partial charge in [0.25, 0.3) is 0 Å². The Bertz CT molecular complexity index is 971. The summed E-state index contributed by atoms with van der Waals surface area (Å²) >= 11 is 5.16. The molecule has 6 heteroatoms. The zero-order valence-corrected chi connectivity index (χ0v) is 15.7. The van der Waals surface area contributed by atoms with E-state index >= 15 is 0 Å². The van der Waals surface area contributed by atoms with Crippen LogP contribution in [0.1, 0.15) is 5.56 Å². The summed E-state index contributed by atoms with van der Waals surface area (Å²) in [6, 6.07) is 23.2. The minimum Gasteiger partial charge on any atom is -0.356 e. The molecule has 0 heterocycles. The second-order valence-electron chi connectivity index (χ2n) is 5.90. The van der Waals surface area contributed by atoms with E-state index in [1.807, 2.05) is 54.6 Å². The van der Waals surface area contributed by atoms with Crippen molar-refractivity contribution in [3.05, 3.63) is 96.3 Å². The van der Waals surface area contributed by atoms with E-state index in [9.17, 15) is 9.18 Å². The molecule has 0 aliphatic heterocycles. The number of thiocarbonyl (C=S) groups is 1. The zero-order valence-electron chi connectivity index (χ0n) is 14.9. The highest BCUT2D eigenvalue weighted by Crippen LogP contribution is 2.18. The Morgan fingerprint density at radius 2 is 1.43 bits per heavy atom. The number of carbonyl (C=O) groups excluding carboxylic acids is 1. The molecular weight excluding hydrogens is 373 g/mol. The number of amides is 1. The topological polar surface area (TPSA) is 53.2 Å². The van der Waals surface area contributed by atoms with E-state index in [4.69, 9.17) is 12.2 Å². The molecule has 0 spiro atoms. The van der Waals surface area contributed by atoms with E-state index in [1.54, 1.807) is 18.2 Å². The first-order chi connectivity index (χ1) is 13.6. The molecule has 3 aromatic carbocycles. The van der Waals surface area contributed by atoms with Crippen LogP contribution in [0.2, 0.25) is 0 Å². The summed E-state index contributed by atoms with van der Waals surface area (Å²) in [6.07, 6.45) is 2.93. The Morgan fingerprint density at radius 1 is 0.821 bits per heavy atom. The zero-order chi connectivity index (χ0) is 19.8. The van der Waals surface area contributed by atoms with Gasteiger partial charge in [0.05, 0.1) is 0 Å². The molecule has 0 atom stereocenters. The summed E-state index contributed by atoms with van der Waals surface area (Å²) in [5.41, 5.74) is 3.41. The van der Waals surface area contributed by atoms with Gasteiger partial charge in [-0.2, -0.15) is 0 Å². The van der Waals surface area contributed by atoms with Crippen molar-refractivity contribution in [3.8, 4) is 0 Å². The van der Waals surface area contributed by atoms with Gasteiger partial charge in [0.1, 0.15) is 5.82 Å². The highest BCUT2D eigenvalue weighted by Gasteiger charge is 2.02. The third-order valence-corrected chi connectivity index (χ3v) is 3.94. The molecule has 0 saturated heterocycles. The van der Waals surface area contributed by atoms with Crippen LogP contribution >= 0.6 is 12.2 Å². The van der Waals surface area contributed by atoms with Crippen LogP contribution in [0.5, 0.6) is 0 Å². The number of hydrogen-bond acceptors (Lipinski definition) is 3. The van der Waals surface area contributed by atoms with Gasteiger partial charge in [-0.25, -0.2) is 4.39 Å². The lowest BCUT2D eigenvalue weighted by Crippen LogP contribution is -2.32. The lowest BCUT2D eigenvalue weighted by Gasteiger charge is -2.10. The molecule has 1 amide bonds. The average molecular weight is 391 g/mol. The molecule has 0 aromatic heterocycles. The van der Waals surface area contributed by atoms with Gasteiger partial charge in [-0.1, -0.05) is 30.3 Å². The van der Waals surface area contributed by atoms with Gasteiger partial charge in [0, 0.05) is 23.1 Å². The third-order valence-electron chi connectivity index (χ3n) is 3.74. The Kier molecular flexibility index (Phi) is 6.49. The van der Waals surface area contributed by atoms with E-state index in [0.29, 0.717) is 0 Å². The molecular formula is C22H18FN3OS. The third kappa shape index (κ3) is 6.03. The summed E-state index contributed by atoms with van der Waals surface area (Å²) in [6.45, 7) is 0. The number of hydrogen-bond donors (Lipinski definition) is 3. The number of halogens is 1. The van der Waals surface area contributed by atoms with Crippen LogP contribution in [-0.4, -0.2) is 11.0 Å². The summed E-state index contributed by atoms with van der Waals surface area (Å²) in [5.74, 6) is -0.693. The molecule has 0 bridgehead atoms. The molecule has 28 heavy (non-hydrogen) atoms. The largest absolute Gasteiger partial charge is 0.356 e. The van der Waals surface area contributed by atoms with Crippen LogP contribution in [0.25, 0.3) is 6.08 Å². The normalized spacial score (nSPS) is 10.5. The monoisotopic (exact) mass is 391 g/mol. The number of nitrogens with one attached hydrogen (secondary N) is 3. The van der Waals surface area contributed by atoms with Crippen LogP contribution in [0.3, 0.4) is 0 Å². The van der Waals surface area contributed by atoms with Crippen LogP contribution in [0.15, 0.2) is 84.9 Å². The average Bonchev–Trinajstić information content (AvgIpc) is 2.70. The lowest BCUT2D eigenvalue weighted by atomic mass is 10.2. The number of benzene rings is 3. The maximum atomic E-state index is 12.9. The van der Waals surface area contributed by atoms with Crippen molar-refractivity contribution in [3.63, 3.8) is 0 Å². The van der Waals surface area contributed by atoms with E-state index in [1.165, 1.54) is 18.2 Å². The standard InChI is InChI=1S/C22H18FN3OS/c23-17-9-6-16(7-10-17)8-15-21(27)26-22(28)25-20-13-11-19(12-14-20)24-18-4-2-1-3-5-18/h1-15,24H,(H2,25,26,27,28). The number of rotatable bonds is 5. The molecule has 3 N–H and O–H groups in total. The summed E-state index contributed by atoms with van der Waals surface area (Å²) in [7, 11) is 0. The second kappa shape index (κ2) is 9.43. The molecule has 4 nitrogen and oxygen atoms in total. The molecule has 0 fully saturated rings. The fraction of sp³-hybridized carbons (Fsp3) is 0. The van der Waals surface area contributed by atoms with E-state index < -0.39 is 0 Å². The maximum Gasteiger partial charge on any atom is 0.250 e. The smallest absolute Gasteiger partial charge is 0.250 e. The van der Waals surface area contributed by atoms with Crippen molar-refractivity contribution < 1.29 is 9.18 Å². The van der Waals surface area contributed by atoms with Crippen LogP contribution in [0, 0.1) is 5.82 Å². The van der Waals surface area contributed by atoms with Crippen LogP contribution in [0.4, 0.5) is 21.5 Å². The minimum absolute atomic E-state index is 0.192. The Hall–Kier alpha value is -3.51. The van der Waals surface area contributed by atoms with E-state index in [-0.39, 0.29) is 16.8 Å².